The minimum absolute atomic E-state index is 0.0520. The van der Waals surface area contributed by atoms with E-state index in [1.165, 1.54) is 6.07 Å². The Kier molecular flexibility index (Phi) is 7.32. The summed E-state index contributed by atoms with van der Waals surface area (Å²) in [7, 11) is 3.14. The molecular weight excluding hydrogens is 274 g/mol. The average molecular weight is 293 g/mol. The number of hydrogen-bond acceptors (Lipinski definition) is 6. The van der Waals surface area contributed by atoms with Crippen molar-refractivity contribution in [3.8, 4) is 6.07 Å². The lowest BCUT2D eigenvalue weighted by Gasteiger charge is -2.26. The van der Waals surface area contributed by atoms with Gasteiger partial charge in [-0.1, -0.05) is 12.1 Å². The van der Waals surface area contributed by atoms with Gasteiger partial charge in [-0.2, -0.15) is 5.26 Å². The maximum Gasteiger partial charge on any atom is 0.275 e. The van der Waals surface area contributed by atoms with E-state index >= 15 is 0 Å². The van der Waals surface area contributed by atoms with Crippen molar-refractivity contribution in [3.63, 3.8) is 0 Å². The molecule has 1 aromatic rings. The van der Waals surface area contributed by atoms with Gasteiger partial charge in [0, 0.05) is 33.4 Å². The molecule has 0 amide bonds. The summed E-state index contributed by atoms with van der Waals surface area (Å²) in [6.07, 6.45) is 0. The molecule has 0 N–H and O–H groups in total. The first kappa shape index (κ1) is 17.0. The molecule has 0 spiro atoms. The third kappa shape index (κ3) is 4.79. The van der Waals surface area contributed by atoms with Crippen LogP contribution in [-0.4, -0.2) is 50.3 Å². The molecule has 0 heterocycles. The van der Waals surface area contributed by atoms with Crippen LogP contribution in [0.4, 0.5) is 5.69 Å². The number of nitro groups is 1. The highest BCUT2D eigenvalue weighted by Crippen LogP contribution is 2.28. The van der Waals surface area contributed by atoms with Gasteiger partial charge in [-0.3, -0.25) is 15.0 Å². The Bertz CT molecular complexity index is 493. The average Bonchev–Trinajstić information content (AvgIpc) is 2.50. The summed E-state index contributed by atoms with van der Waals surface area (Å²) in [6.45, 7) is 1.85. The molecule has 0 aliphatic heterocycles. The summed E-state index contributed by atoms with van der Waals surface area (Å²) < 4.78 is 10.1. The van der Waals surface area contributed by atoms with E-state index in [0.29, 0.717) is 31.9 Å². The van der Waals surface area contributed by atoms with Crippen molar-refractivity contribution in [3.05, 3.63) is 39.9 Å². The van der Waals surface area contributed by atoms with E-state index in [1.54, 1.807) is 32.4 Å². The maximum absolute atomic E-state index is 11.1. The van der Waals surface area contributed by atoms with E-state index < -0.39 is 11.0 Å². The molecule has 1 atom stereocenters. The van der Waals surface area contributed by atoms with Crippen LogP contribution in [0.5, 0.6) is 0 Å². The summed E-state index contributed by atoms with van der Waals surface area (Å²) in [4.78, 5) is 12.5. The van der Waals surface area contributed by atoms with E-state index in [2.05, 4.69) is 6.07 Å². The van der Waals surface area contributed by atoms with Crippen molar-refractivity contribution in [1.29, 1.82) is 5.26 Å². The van der Waals surface area contributed by atoms with Crippen LogP contribution in [0.25, 0.3) is 0 Å². The topological polar surface area (TPSA) is 88.6 Å². The number of benzene rings is 1. The summed E-state index contributed by atoms with van der Waals surface area (Å²) in [5.41, 5.74) is 0.334. The van der Waals surface area contributed by atoms with Gasteiger partial charge in [0.2, 0.25) is 0 Å². The molecule has 0 aliphatic rings. The SMILES string of the molecule is COCCN(CCOC)C(C#N)c1ccccc1[N+](=O)[O-]. The zero-order valence-electron chi connectivity index (χ0n) is 12.2. The van der Waals surface area contributed by atoms with Crippen LogP contribution in [0.3, 0.4) is 0 Å². The van der Waals surface area contributed by atoms with Crippen molar-refractivity contribution < 1.29 is 14.4 Å². The molecule has 0 bridgehead atoms. The molecule has 1 rings (SSSR count). The van der Waals surface area contributed by atoms with Gasteiger partial charge in [0.05, 0.1) is 29.8 Å². The van der Waals surface area contributed by atoms with Crippen LogP contribution < -0.4 is 0 Å². The highest BCUT2D eigenvalue weighted by atomic mass is 16.6. The van der Waals surface area contributed by atoms with E-state index in [0.717, 1.165) is 0 Å². The smallest absolute Gasteiger partial charge is 0.275 e. The molecule has 114 valence electrons. The lowest BCUT2D eigenvalue weighted by molar-refractivity contribution is -0.385. The molecule has 0 aromatic heterocycles. The summed E-state index contributed by atoms with van der Waals surface area (Å²) in [5, 5.41) is 20.6. The molecule has 7 nitrogen and oxygen atoms in total. The number of nitro benzene ring substituents is 1. The highest BCUT2D eigenvalue weighted by molar-refractivity contribution is 5.44. The molecule has 7 heteroatoms. The Balaban J connectivity index is 3.07. The van der Waals surface area contributed by atoms with Gasteiger partial charge in [0.15, 0.2) is 0 Å². The number of nitrogens with zero attached hydrogens (tertiary/aromatic N) is 3. The Morgan fingerprint density at radius 1 is 1.29 bits per heavy atom. The Hall–Kier alpha value is -2.01. The standard InChI is InChI=1S/C14H19N3O4/c1-20-9-7-16(8-10-21-2)14(11-15)12-5-3-4-6-13(12)17(18)19/h3-6,14H,7-10H2,1-2H3. The van der Waals surface area contributed by atoms with Gasteiger partial charge in [-0.05, 0) is 6.07 Å². The normalized spacial score (nSPS) is 12.1. The second-order valence-electron chi connectivity index (χ2n) is 4.37. The number of methoxy groups -OCH3 is 2. The molecule has 21 heavy (non-hydrogen) atoms. The molecule has 0 saturated carbocycles. The maximum atomic E-state index is 11.1. The van der Waals surface area contributed by atoms with E-state index in [1.807, 2.05) is 4.90 Å². The first-order chi connectivity index (χ1) is 10.2. The van der Waals surface area contributed by atoms with Crippen molar-refractivity contribution in [2.45, 2.75) is 6.04 Å². The largest absolute Gasteiger partial charge is 0.383 e. The Morgan fingerprint density at radius 2 is 1.86 bits per heavy atom. The molecule has 0 saturated heterocycles. The lowest BCUT2D eigenvalue weighted by atomic mass is 10.0. The molecule has 0 aliphatic carbocycles. The summed E-state index contributed by atoms with van der Waals surface area (Å²) >= 11 is 0. The minimum Gasteiger partial charge on any atom is -0.383 e. The van der Waals surface area contributed by atoms with Gasteiger partial charge in [-0.15, -0.1) is 0 Å². The fourth-order valence-electron chi connectivity index (χ4n) is 2.02. The number of ether oxygens (including phenoxy) is 2. The molecule has 1 unspecified atom stereocenters. The van der Waals surface area contributed by atoms with Crippen molar-refractivity contribution >= 4 is 5.69 Å². The number of hydrogen-bond donors (Lipinski definition) is 0. The monoisotopic (exact) mass is 293 g/mol. The minimum atomic E-state index is -0.711. The number of nitriles is 1. The number of rotatable bonds is 9. The third-order valence-corrected chi connectivity index (χ3v) is 3.08. The molecule has 0 radical (unpaired) electrons. The Morgan fingerprint density at radius 3 is 2.33 bits per heavy atom. The van der Waals surface area contributed by atoms with Gasteiger partial charge < -0.3 is 9.47 Å². The predicted octanol–water partition coefficient (Wildman–Crippen LogP) is 1.75. The van der Waals surface area contributed by atoms with Gasteiger partial charge >= 0.3 is 0 Å². The first-order valence-electron chi connectivity index (χ1n) is 6.50. The predicted molar refractivity (Wildman–Crippen MR) is 76.8 cm³/mol. The quantitative estimate of drug-likeness (QED) is 0.509. The molecule has 0 fully saturated rings. The third-order valence-electron chi connectivity index (χ3n) is 3.08. The van der Waals surface area contributed by atoms with Crippen LogP contribution in [0.1, 0.15) is 11.6 Å². The zero-order chi connectivity index (χ0) is 15.7. The van der Waals surface area contributed by atoms with Gasteiger partial charge in [0.1, 0.15) is 6.04 Å². The zero-order valence-corrected chi connectivity index (χ0v) is 12.2. The molecular formula is C14H19N3O4. The summed E-state index contributed by atoms with van der Waals surface area (Å²) in [5.74, 6) is 0. The number of para-hydroxylation sites is 1. The van der Waals surface area contributed by atoms with E-state index in [9.17, 15) is 15.4 Å². The van der Waals surface area contributed by atoms with Crippen LogP contribution in [0.15, 0.2) is 24.3 Å². The lowest BCUT2D eigenvalue weighted by Crippen LogP contribution is -2.34. The fourth-order valence-corrected chi connectivity index (χ4v) is 2.02. The first-order valence-corrected chi connectivity index (χ1v) is 6.50. The van der Waals surface area contributed by atoms with Crippen LogP contribution in [0.2, 0.25) is 0 Å². The second kappa shape index (κ2) is 9.02. The van der Waals surface area contributed by atoms with E-state index in [4.69, 9.17) is 9.47 Å². The van der Waals surface area contributed by atoms with Crippen molar-refractivity contribution in [2.75, 3.05) is 40.5 Å². The highest BCUT2D eigenvalue weighted by Gasteiger charge is 2.26. The Labute approximate surface area is 123 Å². The fraction of sp³-hybridized carbons (Fsp3) is 0.500. The van der Waals surface area contributed by atoms with Crippen LogP contribution >= 0.6 is 0 Å². The second-order valence-corrected chi connectivity index (χ2v) is 4.37. The summed E-state index contributed by atoms with van der Waals surface area (Å²) in [6, 6.07) is 7.73. The van der Waals surface area contributed by atoms with Gasteiger partial charge in [-0.25, -0.2) is 0 Å². The van der Waals surface area contributed by atoms with E-state index in [-0.39, 0.29) is 5.69 Å². The molecule has 1 aromatic carbocycles. The van der Waals surface area contributed by atoms with Gasteiger partial charge in [0.25, 0.3) is 5.69 Å². The van der Waals surface area contributed by atoms with Crippen molar-refractivity contribution in [2.24, 2.45) is 0 Å². The van der Waals surface area contributed by atoms with Crippen LogP contribution in [-0.2, 0) is 9.47 Å². The van der Waals surface area contributed by atoms with Crippen molar-refractivity contribution in [1.82, 2.24) is 4.90 Å². The van der Waals surface area contributed by atoms with Crippen LogP contribution in [0, 0.1) is 21.4 Å².